The molecular weight excluding hydrogens is 405 g/mol. The van der Waals surface area contributed by atoms with E-state index in [-0.39, 0.29) is 0 Å². The molecule has 6 nitrogen and oxygen atoms in total. The fraction of sp³-hybridized carbons (Fsp3) is 0.167. The lowest BCUT2D eigenvalue weighted by molar-refractivity contribution is 0.398. The van der Waals surface area contributed by atoms with Crippen molar-refractivity contribution in [3.63, 3.8) is 0 Å². The molecule has 3 N–H and O–H groups in total. The van der Waals surface area contributed by atoms with Crippen molar-refractivity contribution >= 4 is 45.6 Å². The van der Waals surface area contributed by atoms with Gasteiger partial charge in [0.05, 0.1) is 12.1 Å². The molecule has 27 heavy (non-hydrogen) atoms. The van der Waals surface area contributed by atoms with E-state index in [2.05, 4.69) is 19.9 Å². The first-order chi connectivity index (χ1) is 13.1. The number of fused-ring (bicyclic) bond motifs is 1. The fourth-order valence-electron chi connectivity index (χ4n) is 2.83. The number of H-pyrrole nitrogens is 1. The van der Waals surface area contributed by atoms with Crippen molar-refractivity contribution in [1.29, 1.82) is 0 Å². The molecule has 0 aromatic carbocycles. The highest BCUT2D eigenvalue weighted by molar-refractivity contribution is 7.15. The maximum absolute atomic E-state index is 6.42. The number of methoxy groups -OCH3 is 1. The van der Waals surface area contributed by atoms with E-state index in [1.165, 1.54) is 11.3 Å². The normalized spacial score (nSPS) is 11.3. The van der Waals surface area contributed by atoms with Gasteiger partial charge in [-0.25, -0.2) is 15.0 Å². The standard InChI is InChI=1S/C18H15Cl2N5OS/c1-26-14-3-2-9(6-21)15(24-14)18-25-16(20)13(27-18)4-10-7-22-17-12(10)5-11(19)8-23-17/h2-3,5,7-8H,4,6,21H2,1H3,(H,22,23). The monoisotopic (exact) mass is 419 g/mol. The fourth-order valence-corrected chi connectivity index (χ4v) is 4.30. The van der Waals surface area contributed by atoms with Crippen molar-refractivity contribution in [3.8, 4) is 16.6 Å². The number of nitrogens with zero attached hydrogens (tertiary/aromatic N) is 3. The van der Waals surface area contributed by atoms with Crippen LogP contribution in [0.25, 0.3) is 21.7 Å². The van der Waals surface area contributed by atoms with Gasteiger partial charge in [0.25, 0.3) is 0 Å². The summed E-state index contributed by atoms with van der Waals surface area (Å²) in [5.41, 5.74) is 9.27. The molecule has 0 fully saturated rings. The van der Waals surface area contributed by atoms with Crippen LogP contribution < -0.4 is 10.5 Å². The summed E-state index contributed by atoms with van der Waals surface area (Å²) < 4.78 is 5.23. The highest BCUT2D eigenvalue weighted by Crippen LogP contribution is 2.35. The van der Waals surface area contributed by atoms with E-state index in [0.717, 1.165) is 27.0 Å². The SMILES string of the molecule is COc1ccc(CN)c(-c2nc(Cl)c(Cc3c[nH]c4ncc(Cl)cc34)s2)n1. The first-order valence-corrected chi connectivity index (χ1v) is 9.67. The predicted octanol–water partition coefficient (Wildman–Crippen LogP) is 4.45. The first-order valence-electron chi connectivity index (χ1n) is 8.10. The molecule has 4 aromatic heterocycles. The zero-order chi connectivity index (χ0) is 19.0. The molecule has 0 aliphatic carbocycles. The van der Waals surface area contributed by atoms with Crippen LogP contribution in [-0.2, 0) is 13.0 Å². The minimum atomic E-state index is 0.353. The summed E-state index contributed by atoms with van der Waals surface area (Å²) in [5, 5.41) is 2.72. The average Bonchev–Trinajstić information content (AvgIpc) is 3.25. The third-order valence-electron chi connectivity index (χ3n) is 4.17. The molecule has 0 spiro atoms. The van der Waals surface area contributed by atoms with Crippen molar-refractivity contribution in [3.05, 3.63) is 56.8 Å². The molecule has 0 atom stereocenters. The maximum Gasteiger partial charge on any atom is 0.213 e. The molecule has 0 radical (unpaired) electrons. The van der Waals surface area contributed by atoms with Crippen LogP contribution >= 0.6 is 34.5 Å². The molecule has 0 amide bonds. The second-order valence-electron chi connectivity index (χ2n) is 5.84. The summed E-state index contributed by atoms with van der Waals surface area (Å²) >= 11 is 14.0. The average molecular weight is 420 g/mol. The number of ether oxygens (including phenoxy) is 1. The summed E-state index contributed by atoms with van der Waals surface area (Å²) in [6.07, 6.45) is 4.14. The van der Waals surface area contributed by atoms with Crippen molar-refractivity contribution < 1.29 is 4.74 Å². The van der Waals surface area contributed by atoms with Gasteiger partial charge in [-0.3, -0.25) is 0 Å². The number of nitrogens with two attached hydrogens (primary N) is 1. The molecule has 0 aliphatic heterocycles. The second kappa shape index (κ2) is 7.44. The summed E-state index contributed by atoms with van der Waals surface area (Å²) in [7, 11) is 1.57. The Morgan fingerprint density at radius 2 is 2.07 bits per heavy atom. The Bertz CT molecular complexity index is 1120. The number of aromatic nitrogens is 4. The van der Waals surface area contributed by atoms with E-state index < -0.39 is 0 Å². The molecular formula is C18H15Cl2N5OS. The lowest BCUT2D eigenvalue weighted by atomic mass is 10.1. The Kier molecular flexibility index (Phi) is 5.01. The quantitative estimate of drug-likeness (QED) is 0.498. The number of thiazole rings is 1. The largest absolute Gasteiger partial charge is 0.481 e. The molecule has 0 unspecified atom stereocenters. The van der Waals surface area contributed by atoms with Crippen LogP contribution in [-0.4, -0.2) is 27.0 Å². The molecule has 4 heterocycles. The van der Waals surface area contributed by atoms with E-state index in [1.807, 2.05) is 18.3 Å². The Morgan fingerprint density at radius 3 is 2.85 bits per heavy atom. The van der Waals surface area contributed by atoms with Crippen LogP contribution in [0.2, 0.25) is 10.2 Å². The third kappa shape index (κ3) is 3.51. The van der Waals surface area contributed by atoms with Crippen LogP contribution in [0.3, 0.4) is 0 Å². The van der Waals surface area contributed by atoms with E-state index >= 15 is 0 Å². The second-order valence-corrected chi connectivity index (χ2v) is 7.72. The molecule has 138 valence electrons. The first kappa shape index (κ1) is 18.2. The zero-order valence-electron chi connectivity index (χ0n) is 14.3. The minimum Gasteiger partial charge on any atom is -0.481 e. The third-order valence-corrected chi connectivity index (χ3v) is 5.86. The number of hydrogen-bond acceptors (Lipinski definition) is 6. The van der Waals surface area contributed by atoms with Gasteiger partial charge in [-0.15, -0.1) is 11.3 Å². The van der Waals surface area contributed by atoms with Crippen LogP contribution in [0.4, 0.5) is 0 Å². The van der Waals surface area contributed by atoms with E-state index in [4.69, 9.17) is 33.7 Å². The van der Waals surface area contributed by atoms with Gasteiger partial charge < -0.3 is 15.5 Å². The maximum atomic E-state index is 6.42. The molecule has 0 bridgehead atoms. The van der Waals surface area contributed by atoms with Crippen molar-refractivity contribution in [2.75, 3.05) is 7.11 Å². The smallest absolute Gasteiger partial charge is 0.213 e. The molecule has 0 saturated carbocycles. The van der Waals surface area contributed by atoms with Gasteiger partial charge in [-0.2, -0.15) is 0 Å². The van der Waals surface area contributed by atoms with Crippen molar-refractivity contribution in [2.24, 2.45) is 5.73 Å². The number of hydrogen-bond donors (Lipinski definition) is 2. The summed E-state index contributed by atoms with van der Waals surface area (Å²) in [6.45, 7) is 0.353. The highest BCUT2D eigenvalue weighted by atomic mass is 35.5. The summed E-state index contributed by atoms with van der Waals surface area (Å²) in [6, 6.07) is 5.57. The molecule has 4 aromatic rings. The van der Waals surface area contributed by atoms with Gasteiger partial charge in [0.15, 0.2) is 0 Å². The molecule has 4 rings (SSSR count). The number of halogens is 2. The zero-order valence-corrected chi connectivity index (χ0v) is 16.6. The van der Waals surface area contributed by atoms with Gasteiger partial charge in [0.1, 0.15) is 21.5 Å². The lowest BCUT2D eigenvalue weighted by Crippen LogP contribution is -2.01. The van der Waals surface area contributed by atoms with Gasteiger partial charge in [-0.1, -0.05) is 29.3 Å². The topological polar surface area (TPSA) is 89.7 Å². The van der Waals surface area contributed by atoms with Crippen LogP contribution in [0.1, 0.15) is 16.0 Å². The van der Waals surface area contributed by atoms with Crippen LogP contribution in [0.15, 0.2) is 30.6 Å². The highest BCUT2D eigenvalue weighted by Gasteiger charge is 2.17. The Balaban J connectivity index is 1.73. The Labute approximate surface area is 169 Å². The Morgan fingerprint density at radius 1 is 1.22 bits per heavy atom. The van der Waals surface area contributed by atoms with Crippen molar-refractivity contribution in [2.45, 2.75) is 13.0 Å². The van der Waals surface area contributed by atoms with Crippen LogP contribution in [0, 0.1) is 0 Å². The van der Waals surface area contributed by atoms with Crippen LogP contribution in [0.5, 0.6) is 5.88 Å². The summed E-state index contributed by atoms with van der Waals surface area (Å²) in [5.74, 6) is 0.507. The van der Waals surface area contributed by atoms with Gasteiger partial charge in [-0.05, 0) is 17.2 Å². The van der Waals surface area contributed by atoms with Crippen molar-refractivity contribution in [1.82, 2.24) is 19.9 Å². The van der Waals surface area contributed by atoms with Gasteiger partial charge in [0.2, 0.25) is 5.88 Å². The number of pyridine rings is 2. The van der Waals surface area contributed by atoms with E-state index in [9.17, 15) is 0 Å². The molecule has 9 heteroatoms. The predicted molar refractivity (Wildman–Crippen MR) is 109 cm³/mol. The molecule has 0 saturated heterocycles. The summed E-state index contributed by atoms with van der Waals surface area (Å²) in [4.78, 5) is 17.4. The number of nitrogens with one attached hydrogen (secondary N) is 1. The van der Waals surface area contributed by atoms with E-state index in [1.54, 1.807) is 19.4 Å². The van der Waals surface area contributed by atoms with E-state index in [0.29, 0.717) is 39.7 Å². The lowest BCUT2D eigenvalue weighted by Gasteiger charge is -2.06. The number of rotatable bonds is 5. The minimum absolute atomic E-state index is 0.353. The molecule has 0 aliphatic rings. The Hall–Kier alpha value is -2.19. The number of aromatic amines is 1. The van der Waals surface area contributed by atoms with Gasteiger partial charge in [0, 0.05) is 41.7 Å². The van der Waals surface area contributed by atoms with Gasteiger partial charge >= 0.3 is 0 Å².